The van der Waals surface area contributed by atoms with E-state index in [0.717, 1.165) is 34.4 Å². The van der Waals surface area contributed by atoms with Gasteiger partial charge in [0.05, 0.1) is 23.0 Å². The SMILES string of the molecule is FC(F)(F)c1ccc(-c2cc3ccncc3n2-c2ccccc2)cc1. The van der Waals surface area contributed by atoms with E-state index in [2.05, 4.69) is 4.98 Å². The summed E-state index contributed by atoms with van der Waals surface area (Å²) in [6.07, 6.45) is -0.876. The van der Waals surface area contributed by atoms with Gasteiger partial charge in [-0.2, -0.15) is 13.2 Å². The fraction of sp³-hybridized carbons (Fsp3) is 0.0500. The van der Waals surface area contributed by atoms with Crippen molar-refractivity contribution in [2.45, 2.75) is 6.18 Å². The van der Waals surface area contributed by atoms with Crippen molar-refractivity contribution >= 4 is 10.9 Å². The molecule has 0 fully saturated rings. The lowest BCUT2D eigenvalue weighted by Gasteiger charge is -2.12. The van der Waals surface area contributed by atoms with E-state index in [1.807, 2.05) is 47.0 Å². The van der Waals surface area contributed by atoms with Gasteiger partial charge in [0.1, 0.15) is 0 Å². The number of aromatic nitrogens is 2. The first kappa shape index (κ1) is 15.4. The molecule has 0 aliphatic heterocycles. The molecule has 0 saturated carbocycles. The number of fused-ring (bicyclic) bond motifs is 1. The van der Waals surface area contributed by atoms with Crippen molar-refractivity contribution < 1.29 is 13.2 Å². The number of halogens is 3. The predicted octanol–water partition coefficient (Wildman–Crippen LogP) is 5.71. The van der Waals surface area contributed by atoms with Crippen LogP contribution in [0.5, 0.6) is 0 Å². The Morgan fingerprint density at radius 3 is 2.24 bits per heavy atom. The Balaban J connectivity index is 1.93. The number of rotatable bonds is 2. The zero-order chi connectivity index (χ0) is 17.4. The number of para-hydroxylation sites is 1. The third-order valence-electron chi connectivity index (χ3n) is 4.13. The van der Waals surface area contributed by atoms with Crippen LogP contribution in [-0.2, 0) is 6.18 Å². The fourth-order valence-electron chi connectivity index (χ4n) is 2.95. The van der Waals surface area contributed by atoms with Crippen molar-refractivity contribution in [3.05, 3.63) is 84.7 Å². The van der Waals surface area contributed by atoms with Gasteiger partial charge in [-0.3, -0.25) is 4.98 Å². The third kappa shape index (κ3) is 2.78. The van der Waals surface area contributed by atoms with Crippen LogP contribution >= 0.6 is 0 Å². The maximum Gasteiger partial charge on any atom is 0.416 e. The second-order valence-corrected chi connectivity index (χ2v) is 5.71. The molecule has 0 radical (unpaired) electrons. The summed E-state index contributed by atoms with van der Waals surface area (Å²) in [4.78, 5) is 4.18. The van der Waals surface area contributed by atoms with Gasteiger partial charge in [0, 0.05) is 17.3 Å². The summed E-state index contributed by atoms with van der Waals surface area (Å²) < 4.78 is 40.5. The molecule has 0 saturated heterocycles. The van der Waals surface area contributed by atoms with E-state index in [9.17, 15) is 13.2 Å². The number of alkyl halides is 3. The van der Waals surface area contributed by atoms with Crippen molar-refractivity contribution in [3.63, 3.8) is 0 Å². The predicted molar refractivity (Wildman–Crippen MR) is 91.5 cm³/mol. The highest BCUT2D eigenvalue weighted by atomic mass is 19.4. The molecule has 124 valence electrons. The normalized spacial score (nSPS) is 11.8. The van der Waals surface area contributed by atoms with E-state index in [0.29, 0.717) is 5.56 Å². The Hall–Kier alpha value is -3.08. The van der Waals surface area contributed by atoms with Crippen molar-refractivity contribution in [2.24, 2.45) is 0 Å². The highest BCUT2D eigenvalue weighted by Crippen LogP contribution is 2.34. The van der Waals surface area contributed by atoms with Gasteiger partial charge in [0.15, 0.2) is 0 Å². The lowest BCUT2D eigenvalue weighted by Crippen LogP contribution is -2.04. The fourth-order valence-corrected chi connectivity index (χ4v) is 2.95. The molecule has 0 N–H and O–H groups in total. The zero-order valence-electron chi connectivity index (χ0n) is 13.0. The number of hydrogen-bond acceptors (Lipinski definition) is 1. The van der Waals surface area contributed by atoms with Crippen LogP contribution in [0.2, 0.25) is 0 Å². The molecule has 0 spiro atoms. The Morgan fingerprint density at radius 2 is 1.56 bits per heavy atom. The maximum atomic E-state index is 12.8. The quantitative estimate of drug-likeness (QED) is 0.458. The van der Waals surface area contributed by atoms with E-state index in [1.54, 1.807) is 12.4 Å². The molecule has 4 rings (SSSR count). The molecule has 2 nitrogen and oxygen atoms in total. The van der Waals surface area contributed by atoms with E-state index in [1.165, 1.54) is 12.1 Å². The monoisotopic (exact) mass is 338 g/mol. The second kappa shape index (κ2) is 5.77. The van der Waals surface area contributed by atoms with Crippen LogP contribution in [0.25, 0.3) is 27.8 Å². The summed E-state index contributed by atoms with van der Waals surface area (Å²) in [5, 5.41) is 0.980. The first-order valence-electron chi connectivity index (χ1n) is 7.72. The minimum Gasteiger partial charge on any atom is -0.308 e. The Labute approximate surface area is 142 Å². The Kier molecular flexibility index (Phi) is 3.57. The van der Waals surface area contributed by atoms with Crippen LogP contribution in [0.15, 0.2) is 79.1 Å². The standard InChI is InChI=1S/C20H13F3N2/c21-20(22,23)16-8-6-14(7-9-16)18-12-15-10-11-24-13-19(15)25(18)17-4-2-1-3-5-17/h1-13H. The van der Waals surface area contributed by atoms with E-state index >= 15 is 0 Å². The molecule has 2 heterocycles. The zero-order valence-corrected chi connectivity index (χ0v) is 13.0. The molecule has 0 bridgehead atoms. The summed E-state index contributed by atoms with van der Waals surface area (Å²) in [6.45, 7) is 0. The molecule has 0 unspecified atom stereocenters. The van der Waals surface area contributed by atoms with Gasteiger partial charge in [-0.15, -0.1) is 0 Å². The number of benzene rings is 2. The minimum absolute atomic E-state index is 0.653. The van der Waals surface area contributed by atoms with Crippen molar-refractivity contribution in [1.82, 2.24) is 9.55 Å². The van der Waals surface area contributed by atoms with Gasteiger partial charge in [-0.05, 0) is 42.0 Å². The molecule has 2 aromatic heterocycles. The van der Waals surface area contributed by atoms with E-state index < -0.39 is 11.7 Å². The van der Waals surface area contributed by atoms with Crippen molar-refractivity contribution in [3.8, 4) is 16.9 Å². The first-order valence-corrected chi connectivity index (χ1v) is 7.72. The van der Waals surface area contributed by atoms with Gasteiger partial charge in [0.25, 0.3) is 0 Å². The molecular formula is C20H13F3N2. The van der Waals surface area contributed by atoms with E-state index in [-0.39, 0.29) is 0 Å². The van der Waals surface area contributed by atoms with Crippen LogP contribution in [0.1, 0.15) is 5.56 Å². The second-order valence-electron chi connectivity index (χ2n) is 5.71. The van der Waals surface area contributed by atoms with Crippen LogP contribution in [-0.4, -0.2) is 9.55 Å². The third-order valence-corrected chi connectivity index (χ3v) is 4.13. The van der Waals surface area contributed by atoms with Gasteiger partial charge in [0.2, 0.25) is 0 Å². The summed E-state index contributed by atoms with van der Waals surface area (Å²) in [7, 11) is 0. The van der Waals surface area contributed by atoms with Crippen molar-refractivity contribution in [2.75, 3.05) is 0 Å². The number of nitrogens with zero attached hydrogens (tertiary/aromatic N) is 2. The van der Waals surface area contributed by atoms with Crippen LogP contribution in [0.3, 0.4) is 0 Å². The molecule has 5 heteroatoms. The number of pyridine rings is 1. The van der Waals surface area contributed by atoms with Crippen molar-refractivity contribution in [1.29, 1.82) is 0 Å². The summed E-state index contributed by atoms with van der Waals surface area (Å²) >= 11 is 0. The van der Waals surface area contributed by atoms with Crippen LogP contribution in [0.4, 0.5) is 13.2 Å². The van der Waals surface area contributed by atoms with E-state index in [4.69, 9.17) is 0 Å². The highest BCUT2D eigenvalue weighted by molar-refractivity contribution is 5.88. The Morgan fingerprint density at radius 1 is 0.840 bits per heavy atom. The average molecular weight is 338 g/mol. The molecule has 0 atom stereocenters. The molecular weight excluding hydrogens is 325 g/mol. The molecule has 4 aromatic rings. The molecule has 0 aliphatic carbocycles. The lowest BCUT2D eigenvalue weighted by molar-refractivity contribution is -0.137. The topological polar surface area (TPSA) is 17.8 Å². The van der Waals surface area contributed by atoms with Gasteiger partial charge >= 0.3 is 6.18 Å². The van der Waals surface area contributed by atoms with Gasteiger partial charge < -0.3 is 4.57 Å². The molecule has 25 heavy (non-hydrogen) atoms. The summed E-state index contributed by atoms with van der Waals surface area (Å²) in [5.41, 5.74) is 2.72. The Bertz CT molecular complexity index is 1020. The lowest BCUT2D eigenvalue weighted by atomic mass is 10.1. The van der Waals surface area contributed by atoms with Gasteiger partial charge in [-0.25, -0.2) is 0 Å². The van der Waals surface area contributed by atoms with Crippen LogP contribution < -0.4 is 0 Å². The average Bonchev–Trinajstić information content (AvgIpc) is 3.01. The van der Waals surface area contributed by atoms with Gasteiger partial charge in [-0.1, -0.05) is 30.3 Å². The maximum absolute atomic E-state index is 12.8. The smallest absolute Gasteiger partial charge is 0.308 e. The summed E-state index contributed by atoms with van der Waals surface area (Å²) in [5.74, 6) is 0. The summed E-state index contributed by atoms with van der Waals surface area (Å²) in [6, 6.07) is 18.8. The largest absolute Gasteiger partial charge is 0.416 e. The molecule has 0 amide bonds. The number of hydrogen-bond donors (Lipinski definition) is 0. The van der Waals surface area contributed by atoms with Crippen LogP contribution in [0, 0.1) is 0 Å². The molecule has 2 aromatic carbocycles. The highest BCUT2D eigenvalue weighted by Gasteiger charge is 2.30. The first-order chi connectivity index (χ1) is 12.0. The minimum atomic E-state index is -4.34. The molecule has 0 aliphatic rings.